The minimum absolute atomic E-state index is 0.145. The number of hydrogen-bond donors (Lipinski definition) is 1. The Bertz CT molecular complexity index is 567. The van der Waals surface area contributed by atoms with Gasteiger partial charge in [0.2, 0.25) is 5.88 Å². The summed E-state index contributed by atoms with van der Waals surface area (Å²) in [7, 11) is 3.56. The highest BCUT2D eigenvalue weighted by atomic mass is 16.5. The van der Waals surface area contributed by atoms with Gasteiger partial charge in [-0.15, -0.1) is 0 Å². The van der Waals surface area contributed by atoms with Gasteiger partial charge in [0, 0.05) is 6.07 Å². The van der Waals surface area contributed by atoms with Gasteiger partial charge in [-0.2, -0.15) is 0 Å². The minimum atomic E-state index is 0.145. The van der Waals surface area contributed by atoms with Crippen molar-refractivity contribution in [2.24, 2.45) is 0 Å². The lowest BCUT2D eigenvalue weighted by atomic mass is 9.98. The monoisotopic (exact) mass is 285 g/mol. The summed E-state index contributed by atoms with van der Waals surface area (Å²) in [5, 5.41) is 3.31. The van der Waals surface area contributed by atoms with Gasteiger partial charge in [-0.05, 0) is 30.5 Å². The lowest BCUT2D eigenvalue weighted by Gasteiger charge is -2.16. The molecule has 1 aromatic heterocycles. The normalized spacial score (nSPS) is 12.4. The van der Waals surface area contributed by atoms with E-state index in [4.69, 9.17) is 4.74 Å². The first-order chi connectivity index (χ1) is 10.1. The molecular weight excluding hydrogens is 262 g/mol. The van der Waals surface area contributed by atoms with E-state index in [0.717, 1.165) is 12.1 Å². The molecule has 1 heterocycles. The lowest BCUT2D eigenvalue weighted by Crippen LogP contribution is -2.20. The summed E-state index contributed by atoms with van der Waals surface area (Å²) in [5.41, 5.74) is 3.59. The standard InChI is InChI=1S/C17H23N3O/c1-12(2)14-7-5-13(6-8-14)9-15(18-3)16-10-17(21-4)20-11-19-16/h5-8,10-12,15,18H,9H2,1-4H3. The van der Waals surface area contributed by atoms with Gasteiger partial charge >= 0.3 is 0 Å². The van der Waals surface area contributed by atoms with Gasteiger partial charge in [0.25, 0.3) is 0 Å². The molecule has 0 spiro atoms. The smallest absolute Gasteiger partial charge is 0.216 e. The van der Waals surface area contributed by atoms with Crippen LogP contribution in [0.4, 0.5) is 0 Å². The second-order valence-electron chi connectivity index (χ2n) is 5.43. The lowest BCUT2D eigenvalue weighted by molar-refractivity contribution is 0.394. The Hall–Kier alpha value is -1.94. The maximum Gasteiger partial charge on any atom is 0.216 e. The highest BCUT2D eigenvalue weighted by molar-refractivity contribution is 5.27. The summed E-state index contributed by atoms with van der Waals surface area (Å²) in [4.78, 5) is 8.40. The fourth-order valence-corrected chi connectivity index (χ4v) is 2.28. The average molecular weight is 285 g/mol. The van der Waals surface area contributed by atoms with Crippen molar-refractivity contribution in [3.63, 3.8) is 0 Å². The molecule has 1 N–H and O–H groups in total. The van der Waals surface area contributed by atoms with Crippen LogP contribution >= 0.6 is 0 Å². The number of rotatable bonds is 6. The Kier molecular flexibility index (Phi) is 5.28. The number of nitrogens with one attached hydrogen (secondary N) is 1. The molecule has 0 amide bonds. The molecule has 0 aliphatic rings. The molecule has 0 aliphatic carbocycles. The van der Waals surface area contributed by atoms with Crippen LogP contribution in [0.15, 0.2) is 36.7 Å². The zero-order chi connectivity index (χ0) is 15.2. The third-order valence-electron chi connectivity index (χ3n) is 3.66. The van der Waals surface area contributed by atoms with Crippen molar-refractivity contribution in [1.29, 1.82) is 0 Å². The molecule has 0 fully saturated rings. The van der Waals surface area contributed by atoms with Gasteiger partial charge in [-0.1, -0.05) is 38.1 Å². The van der Waals surface area contributed by atoms with E-state index < -0.39 is 0 Å². The van der Waals surface area contributed by atoms with Crippen LogP contribution in [0.1, 0.15) is 42.6 Å². The zero-order valence-electron chi connectivity index (χ0n) is 13.1. The first-order valence-electron chi connectivity index (χ1n) is 7.26. The predicted molar refractivity (Wildman–Crippen MR) is 84.6 cm³/mol. The van der Waals surface area contributed by atoms with Gasteiger partial charge in [-0.25, -0.2) is 9.97 Å². The molecule has 0 radical (unpaired) electrons. The number of likely N-dealkylation sites (N-methyl/N-ethyl adjacent to an activating group) is 1. The number of hydrogen-bond acceptors (Lipinski definition) is 4. The number of ether oxygens (including phenoxy) is 1. The van der Waals surface area contributed by atoms with Crippen molar-refractivity contribution in [2.45, 2.75) is 32.2 Å². The molecule has 4 nitrogen and oxygen atoms in total. The second kappa shape index (κ2) is 7.18. The van der Waals surface area contributed by atoms with Gasteiger partial charge in [0.1, 0.15) is 6.33 Å². The fourth-order valence-electron chi connectivity index (χ4n) is 2.28. The van der Waals surface area contributed by atoms with Crippen molar-refractivity contribution >= 4 is 0 Å². The second-order valence-corrected chi connectivity index (χ2v) is 5.43. The molecule has 112 valence electrons. The zero-order valence-corrected chi connectivity index (χ0v) is 13.1. The highest BCUT2D eigenvalue weighted by Crippen LogP contribution is 2.20. The summed E-state index contributed by atoms with van der Waals surface area (Å²) in [6.07, 6.45) is 2.43. The van der Waals surface area contributed by atoms with Crippen molar-refractivity contribution in [2.75, 3.05) is 14.2 Å². The first kappa shape index (κ1) is 15.4. The van der Waals surface area contributed by atoms with Crippen molar-refractivity contribution in [1.82, 2.24) is 15.3 Å². The Morgan fingerprint density at radius 1 is 1.14 bits per heavy atom. The van der Waals surface area contributed by atoms with Crippen LogP contribution in [0.2, 0.25) is 0 Å². The molecule has 0 aliphatic heterocycles. The summed E-state index contributed by atoms with van der Waals surface area (Å²) >= 11 is 0. The summed E-state index contributed by atoms with van der Waals surface area (Å²) < 4.78 is 5.16. The molecular formula is C17H23N3O. The van der Waals surface area contributed by atoms with E-state index in [0.29, 0.717) is 11.8 Å². The molecule has 1 atom stereocenters. The molecule has 0 saturated heterocycles. The van der Waals surface area contributed by atoms with Crippen LogP contribution in [0, 0.1) is 0 Å². The van der Waals surface area contributed by atoms with E-state index in [-0.39, 0.29) is 6.04 Å². The maximum absolute atomic E-state index is 5.16. The highest BCUT2D eigenvalue weighted by Gasteiger charge is 2.13. The van der Waals surface area contributed by atoms with E-state index in [9.17, 15) is 0 Å². The van der Waals surface area contributed by atoms with Gasteiger partial charge in [0.15, 0.2) is 0 Å². The number of aromatic nitrogens is 2. The van der Waals surface area contributed by atoms with Crippen LogP contribution in [0.5, 0.6) is 5.88 Å². The van der Waals surface area contributed by atoms with Crippen LogP contribution in [0.25, 0.3) is 0 Å². The van der Waals surface area contributed by atoms with Crippen molar-refractivity contribution in [3.05, 3.63) is 53.5 Å². The summed E-state index contributed by atoms with van der Waals surface area (Å²) in [5.74, 6) is 1.15. The van der Waals surface area contributed by atoms with E-state index >= 15 is 0 Å². The fraction of sp³-hybridized carbons (Fsp3) is 0.412. The van der Waals surface area contributed by atoms with E-state index in [1.807, 2.05) is 13.1 Å². The molecule has 0 saturated carbocycles. The van der Waals surface area contributed by atoms with Crippen LogP contribution < -0.4 is 10.1 Å². The van der Waals surface area contributed by atoms with E-state index in [1.165, 1.54) is 11.1 Å². The third kappa shape index (κ3) is 4.02. The molecule has 4 heteroatoms. The Morgan fingerprint density at radius 2 is 1.86 bits per heavy atom. The number of benzene rings is 1. The largest absolute Gasteiger partial charge is 0.481 e. The number of nitrogens with zero attached hydrogens (tertiary/aromatic N) is 2. The van der Waals surface area contributed by atoms with Crippen molar-refractivity contribution in [3.8, 4) is 5.88 Å². The average Bonchev–Trinajstić information content (AvgIpc) is 2.53. The Morgan fingerprint density at radius 3 is 2.43 bits per heavy atom. The van der Waals surface area contributed by atoms with Gasteiger partial charge in [-0.3, -0.25) is 0 Å². The predicted octanol–water partition coefficient (Wildman–Crippen LogP) is 3.11. The summed E-state index contributed by atoms with van der Waals surface area (Å²) in [6.45, 7) is 4.41. The summed E-state index contributed by atoms with van der Waals surface area (Å²) in [6, 6.07) is 10.8. The topological polar surface area (TPSA) is 47.0 Å². The minimum Gasteiger partial charge on any atom is -0.481 e. The molecule has 0 bridgehead atoms. The van der Waals surface area contributed by atoms with E-state index in [1.54, 1.807) is 13.4 Å². The molecule has 2 aromatic rings. The molecule has 1 aromatic carbocycles. The van der Waals surface area contributed by atoms with Crippen LogP contribution in [0.3, 0.4) is 0 Å². The van der Waals surface area contributed by atoms with Crippen LogP contribution in [-0.2, 0) is 6.42 Å². The van der Waals surface area contributed by atoms with Gasteiger partial charge in [0.05, 0.1) is 18.8 Å². The van der Waals surface area contributed by atoms with Crippen molar-refractivity contribution < 1.29 is 4.74 Å². The third-order valence-corrected chi connectivity index (χ3v) is 3.66. The first-order valence-corrected chi connectivity index (χ1v) is 7.26. The molecule has 1 unspecified atom stereocenters. The Labute approximate surface area is 126 Å². The quantitative estimate of drug-likeness (QED) is 0.886. The maximum atomic E-state index is 5.16. The molecule has 2 rings (SSSR count). The Balaban J connectivity index is 2.14. The molecule has 21 heavy (non-hydrogen) atoms. The number of methoxy groups -OCH3 is 1. The van der Waals surface area contributed by atoms with Gasteiger partial charge < -0.3 is 10.1 Å². The van der Waals surface area contributed by atoms with E-state index in [2.05, 4.69) is 53.4 Å². The van der Waals surface area contributed by atoms with Crippen LogP contribution in [-0.4, -0.2) is 24.1 Å². The SMILES string of the molecule is CNC(Cc1ccc(C(C)C)cc1)c1cc(OC)ncn1.